The number of likely N-dealkylation sites (tertiary alicyclic amines) is 1. The standard InChI is InChI=1S/C40H43ClN2O6/c1-3-9-27(38(47-2)37(45)18-25-16-17-25)20-36(44)35-22-40(21-34(42-49-40)26-10-8-11-28(41)19-26)24-43(35)39(46)48-23-33-31-14-6-4-12-29(31)30-13-5-7-15-32(30)33/h4-8,10-15,19,25,27,33,35,38H,3,9,16-18,20-24H2,1-2H3/t27-,35-,38?,40+/m0/s1. The van der Waals surface area contributed by atoms with Gasteiger partial charge in [0.1, 0.15) is 12.7 Å². The lowest BCUT2D eigenvalue weighted by molar-refractivity contribution is -0.134. The summed E-state index contributed by atoms with van der Waals surface area (Å²) < 4.78 is 11.8. The van der Waals surface area contributed by atoms with Crippen LogP contribution in [0.5, 0.6) is 0 Å². The Kier molecular flexibility index (Phi) is 9.62. The molecule has 0 aromatic heterocycles. The van der Waals surface area contributed by atoms with E-state index in [4.69, 9.17) is 25.9 Å². The lowest BCUT2D eigenvalue weighted by atomic mass is 9.84. The fourth-order valence-electron chi connectivity index (χ4n) is 8.08. The van der Waals surface area contributed by atoms with E-state index >= 15 is 0 Å². The third-order valence-corrected chi connectivity index (χ3v) is 10.9. The zero-order valence-electron chi connectivity index (χ0n) is 28.1. The van der Waals surface area contributed by atoms with Gasteiger partial charge in [-0.05, 0) is 65.5 Å². The molecule has 1 saturated heterocycles. The number of fused-ring (bicyclic) bond motifs is 3. The zero-order valence-corrected chi connectivity index (χ0v) is 28.9. The number of carbonyl (C=O) groups excluding carboxylic acids is 3. The topological polar surface area (TPSA) is 94.5 Å². The van der Waals surface area contributed by atoms with Gasteiger partial charge in [-0.1, -0.05) is 90.8 Å². The van der Waals surface area contributed by atoms with Crippen molar-refractivity contribution in [3.8, 4) is 11.1 Å². The van der Waals surface area contributed by atoms with Gasteiger partial charge in [0.2, 0.25) is 0 Å². The molecule has 0 radical (unpaired) electrons. The summed E-state index contributed by atoms with van der Waals surface area (Å²) in [7, 11) is 1.55. The van der Waals surface area contributed by atoms with Gasteiger partial charge in [-0.2, -0.15) is 0 Å². The van der Waals surface area contributed by atoms with Crippen LogP contribution in [0, 0.1) is 11.8 Å². The van der Waals surface area contributed by atoms with E-state index in [0.717, 1.165) is 52.8 Å². The summed E-state index contributed by atoms with van der Waals surface area (Å²) in [4.78, 5) is 49.3. The first-order valence-corrected chi connectivity index (χ1v) is 17.9. The average molecular weight is 683 g/mol. The van der Waals surface area contributed by atoms with Gasteiger partial charge in [-0.25, -0.2) is 4.79 Å². The average Bonchev–Trinajstić information content (AvgIpc) is 3.56. The third kappa shape index (κ3) is 6.90. The van der Waals surface area contributed by atoms with E-state index in [9.17, 15) is 14.4 Å². The Morgan fingerprint density at radius 1 is 1.02 bits per heavy atom. The van der Waals surface area contributed by atoms with Crippen LogP contribution in [0.15, 0.2) is 78.0 Å². The van der Waals surface area contributed by atoms with Gasteiger partial charge in [-0.3, -0.25) is 14.5 Å². The number of hydrogen-bond donors (Lipinski definition) is 0. The number of methoxy groups -OCH3 is 1. The molecule has 49 heavy (non-hydrogen) atoms. The van der Waals surface area contributed by atoms with E-state index < -0.39 is 23.8 Å². The van der Waals surface area contributed by atoms with Crippen LogP contribution in [0.1, 0.15) is 80.9 Å². The lowest BCUT2D eigenvalue weighted by Crippen LogP contribution is -2.43. The van der Waals surface area contributed by atoms with E-state index in [1.165, 1.54) is 4.90 Å². The Morgan fingerprint density at radius 2 is 1.73 bits per heavy atom. The van der Waals surface area contributed by atoms with Crippen LogP contribution < -0.4 is 0 Å². The summed E-state index contributed by atoms with van der Waals surface area (Å²) in [6.07, 6.45) is 3.71. The Labute approximate surface area is 292 Å². The van der Waals surface area contributed by atoms with Crippen molar-refractivity contribution in [1.29, 1.82) is 0 Å². The molecule has 2 aliphatic heterocycles. The highest BCUT2D eigenvalue weighted by Gasteiger charge is 2.54. The number of carbonyl (C=O) groups is 3. The number of nitrogens with zero attached hydrogens (tertiary/aromatic N) is 2. The number of rotatable bonds is 13. The molecule has 2 fully saturated rings. The van der Waals surface area contributed by atoms with E-state index in [2.05, 4.69) is 29.4 Å². The monoisotopic (exact) mass is 682 g/mol. The summed E-state index contributed by atoms with van der Waals surface area (Å²) in [5, 5.41) is 5.01. The van der Waals surface area contributed by atoms with E-state index in [1.807, 2.05) is 49.4 Å². The van der Waals surface area contributed by atoms with Crippen LogP contribution in [0.25, 0.3) is 11.1 Å². The van der Waals surface area contributed by atoms with Gasteiger partial charge in [0.25, 0.3) is 0 Å². The molecular weight excluding hydrogens is 640 g/mol. The van der Waals surface area contributed by atoms with Crippen LogP contribution in [0.4, 0.5) is 4.79 Å². The van der Waals surface area contributed by atoms with Crippen molar-refractivity contribution in [3.63, 3.8) is 0 Å². The number of Topliss-reactive ketones (excluding diaryl/α,β-unsaturated/α-hetero) is 2. The van der Waals surface area contributed by atoms with Crippen LogP contribution in [0.2, 0.25) is 5.02 Å². The van der Waals surface area contributed by atoms with Crippen molar-refractivity contribution < 1.29 is 28.7 Å². The lowest BCUT2D eigenvalue weighted by Gasteiger charge is -2.28. The maximum absolute atomic E-state index is 14.3. The van der Waals surface area contributed by atoms with Gasteiger partial charge in [0.05, 0.1) is 18.3 Å². The van der Waals surface area contributed by atoms with Crippen molar-refractivity contribution >= 4 is 35.0 Å². The predicted octanol–water partition coefficient (Wildman–Crippen LogP) is 7.99. The molecule has 3 aromatic carbocycles. The summed E-state index contributed by atoms with van der Waals surface area (Å²) in [5.41, 5.74) is 5.19. The maximum Gasteiger partial charge on any atom is 0.410 e. The normalized spacial score (nSPS) is 22.3. The highest BCUT2D eigenvalue weighted by atomic mass is 35.5. The quantitative estimate of drug-likeness (QED) is 0.181. The van der Waals surface area contributed by atoms with Gasteiger partial charge >= 0.3 is 6.09 Å². The smallest absolute Gasteiger partial charge is 0.410 e. The van der Waals surface area contributed by atoms with Crippen molar-refractivity contribution in [2.24, 2.45) is 17.0 Å². The number of ketones is 2. The number of hydrogen-bond acceptors (Lipinski definition) is 7. The van der Waals surface area contributed by atoms with Crippen LogP contribution in [-0.4, -0.2) is 66.3 Å². The fraction of sp³-hybridized carbons (Fsp3) is 0.450. The molecule has 256 valence electrons. The molecule has 1 spiro atoms. The number of halogens is 1. The van der Waals surface area contributed by atoms with E-state index in [0.29, 0.717) is 30.2 Å². The van der Waals surface area contributed by atoms with Gasteiger partial charge in [0, 0.05) is 49.3 Å². The molecule has 2 heterocycles. The largest absolute Gasteiger partial charge is 0.448 e. The predicted molar refractivity (Wildman–Crippen MR) is 188 cm³/mol. The maximum atomic E-state index is 14.3. The first-order valence-electron chi connectivity index (χ1n) is 17.5. The fourth-order valence-corrected chi connectivity index (χ4v) is 8.27. The molecule has 1 saturated carbocycles. The highest BCUT2D eigenvalue weighted by molar-refractivity contribution is 6.31. The number of ether oxygens (including phenoxy) is 2. The second kappa shape index (κ2) is 14.1. The summed E-state index contributed by atoms with van der Waals surface area (Å²) in [6, 6.07) is 23.0. The van der Waals surface area contributed by atoms with Gasteiger partial charge in [0.15, 0.2) is 17.2 Å². The molecule has 9 heteroatoms. The summed E-state index contributed by atoms with van der Waals surface area (Å²) in [6.45, 7) is 2.34. The Morgan fingerprint density at radius 3 is 2.39 bits per heavy atom. The van der Waals surface area contributed by atoms with Gasteiger partial charge in [-0.15, -0.1) is 0 Å². The molecule has 0 N–H and O–H groups in total. The molecule has 1 amide bonds. The first-order chi connectivity index (χ1) is 23.8. The number of benzene rings is 3. The molecule has 3 aromatic rings. The molecule has 1 unspecified atom stereocenters. The highest BCUT2D eigenvalue weighted by Crippen LogP contribution is 2.45. The first kappa shape index (κ1) is 33.5. The number of amides is 1. The Bertz CT molecular complexity index is 1730. The SMILES string of the molecule is CCC[C@@H](CC(=O)[C@@H]1C[C@]2(CC(c3cccc(Cl)c3)=NO2)CN1C(=O)OCC1c2ccccc2-c2ccccc21)C(OC)C(=O)CC1CC1. The van der Waals surface area contributed by atoms with Crippen molar-refractivity contribution in [1.82, 2.24) is 4.90 Å². The molecule has 0 bridgehead atoms. The number of oxime groups is 1. The van der Waals surface area contributed by atoms with Gasteiger partial charge < -0.3 is 14.3 Å². The Balaban J connectivity index is 1.12. The Hall–Kier alpha value is -4.01. The van der Waals surface area contributed by atoms with Crippen molar-refractivity contribution in [2.45, 2.75) is 82.0 Å². The summed E-state index contributed by atoms with van der Waals surface area (Å²) >= 11 is 6.28. The second-order valence-electron chi connectivity index (χ2n) is 14.1. The van der Waals surface area contributed by atoms with Crippen LogP contribution >= 0.6 is 11.6 Å². The molecule has 2 aliphatic carbocycles. The molecule has 4 atom stereocenters. The molecule has 4 aliphatic rings. The van der Waals surface area contributed by atoms with Crippen molar-refractivity contribution in [3.05, 3.63) is 94.5 Å². The van der Waals surface area contributed by atoms with Crippen LogP contribution in [-0.2, 0) is 23.9 Å². The third-order valence-electron chi connectivity index (χ3n) is 10.6. The van der Waals surface area contributed by atoms with E-state index in [1.54, 1.807) is 13.2 Å². The van der Waals surface area contributed by atoms with Crippen LogP contribution in [0.3, 0.4) is 0 Å². The minimum Gasteiger partial charge on any atom is -0.448 e. The minimum atomic E-state index is -0.883. The molecule has 8 nitrogen and oxygen atoms in total. The van der Waals surface area contributed by atoms with Crippen molar-refractivity contribution in [2.75, 3.05) is 20.3 Å². The summed E-state index contributed by atoms with van der Waals surface area (Å²) in [5.74, 6) is -0.0277. The molecular formula is C40H43ClN2O6. The zero-order chi connectivity index (χ0) is 34.1. The minimum absolute atomic E-state index is 0.0613. The van der Waals surface area contributed by atoms with E-state index in [-0.39, 0.29) is 49.4 Å². The molecule has 7 rings (SSSR count). The second-order valence-corrected chi connectivity index (χ2v) is 14.6.